The summed E-state index contributed by atoms with van der Waals surface area (Å²) in [7, 11) is -3.90. The van der Waals surface area contributed by atoms with Crippen LogP contribution in [0.1, 0.15) is 6.92 Å². The Bertz CT molecular complexity index is 709. The summed E-state index contributed by atoms with van der Waals surface area (Å²) in [6, 6.07) is 5.35. The van der Waals surface area contributed by atoms with E-state index < -0.39 is 15.8 Å². The van der Waals surface area contributed by atoms with Gasteiger partial charge in [-0.2, -0.15) is 4.31 Å². The number of carbonyl (C=O) groups is 1. The van der Waals surface area contributed by atoms with Gasteiger partial charge < -0.3 is 9.64 Å². The van der Waals surface area contributed by atoms with Gasteiger partial charge in [0.1, 0.15) is 10.7 Å². The summed E-state index contributed by atoms with van der Waals surface area (Å²) in [5.74, 6) is -0.904. The van der Waals surface area contributed by atoms with Gasteiger partial charge in [-0.25, -0.2) is 12.8 Å². The van der Waals surface area contributed by atoms with E-state index in [0.29, 0.717) is 19.7 Å². The number of benzene rings is 1. The molecule has 1 amide bonds. The Hall–Kier alpha value is -1.51. The Kier molecular flexibility index (Phi) is 4.39. The van der Waals surface area contributed by atoms with Crippen LogP contribution in [0.4, 0.5) is 4.39 Å². The number of ether oxygens (including phenoxy) is 1. The predicted octanol–water partition coefficient (Wildman–Crippen LogP) is 0.694. The number of fused-ring (bicyclic) bond motifs is 1. The molecule has 0 saturated carbocycles. The number of rotatable bonds is 2. The van der Waals surface area contributed by atoms with E-state index in [9.17, 15) is 17.6 Å². The maximum absolute atomic E-state index is 13.9. The third-order valence-electron chi connectivity index (χ3n) is 4.40. The molecule has 0 aliphatic carbocycles. The third-order valence-corrected chi connectivity index (χ3v) is 6.26. The minimum absolute atomic E-state index is 0.0512. The second-order valence-electron chi connectivity index (χ2n) is 5.89. The molecule has 0 aromatic heterocycles. The number of nitrogens with zero attached hydrogens (tertiary/aromatic N) is 2. The summed E-state index contributed by atoms with van der Waals surface area (Å²) in [5, 5.41) is 0. The molecule has 2 fully saturated rings. The average Bonchev–Trinajstić information content (AvgIpc) is 2.80. The number of hydrogen-bond donors (Lipinski definition) is 0. The van der Waals surface area contributed by atoms with Crippen molar-refractivity contribution in [1.29, 1.82) is 0 Å². The van der Waals surface area contributed by atoms with Crippen LogP contribution in [0, 0.1) is 11.7 Å². The molecule has 0 spiro atoms. The lowest BCUT2D eigenvalue weighted by atomic mass is 10.1. The molecule has 2 atom stereocenters. The van der Waals surface area contributed by atoms with Crippen molar-refractivity contribution < 1.29 is 22.3 Å². The molecule has 0 unspecified atom stereocenters. The van der Waals surface area contributed by atoms with Crippen molar-refractivity contribution in [2.75, 3.05) is 32.8 Å². The molecular weight excluding hydrogens is 323 g/mol. The fourth-order valence-electron chi connectivity index (χ4n) is 3.13. The topological polar surface area (TPSA) is 66.9 Å². The molecule has 6 nitrogen and oxygen atoms in total. The van der Waals surface area contributed by atoms with Gasteiger partial charge in [-0.3, -0.25) is 4.79 Å². The van der Waals surface area contributed by atoms with E-state index in [-0.39, 0.29) is 35.9 Å². The van der Waals surface area contributed by atoms with E-state index in [1.165, 1.54) is 29.4 Å². The van der Waals surface area contributed by atoms with Gasteiger partial charge in [0.25, 0.3) is 0 Å². The van der Waals surface area contributed by atoms with E-state index in [2.05, 4.69) is 0 Å². The van der Waals surface area contributed by atoms with E-state index >= 15 is 0 Å². The molecule has 2 aliphatic rings. The molecule has 2 saturated heterocycles. The van der Waals surface area contributed by atoms with Gasteiger partial charge in [0, 0.05) is 39.0 Å². The molecule has 2 heterocycles. The molecule has 0 radical (unpaired) electrons. The average molecular weight is 342 g/mol. The van der Waals surface area contributed by atoms with Crippen molar-refractivity contribution in [3.8, 4) is 0 Å². The van der Waals surface area contributed by atoms with Crippen LogP contribution in [0.3, 0.4) is 0 Å². The van der Waals surface area contributed by atoms with Crippen LogP contribution in [-0.4, -0.2) is 62.4 Å². The molecule has 23 heavy (non-hydrogen) atoms. The zero-order valence-corrected chi connectivity index (χ0v) is 13.6. The van der Waals surface area contributed by atoms with Crippen molar-refractivity contribution >= 4 is 15.9 Å². The Morgan fingerprint density at radius 2 is 2.00 bits per heavy atom. The molecule has 0 bridgehead atoms. The van der Waals surface area contributed by atoms with Crippen LogP contribution in [-0.2, 0) is 19.6 Å². The highest BCUT2D eigenvalue weighted by Gasteiger charge is 2.42. The Morgan fingerprint density at radius 1 is 1.26 bits per heavy atom. The highest BCUT2D eigenvalue weighted by atomic mass is 32.2. The van der Waals surface area contributed by atoms with Crippen LogP contribution >= 0.6 is 0 Å². The van der Waals surface area contributed by atoms with Gasteiger partial charge in [0.15, 0.2) is 0 Å². The molecule has 0 N–H and O–H groups in total. The number of hydrogen-bond acceptors (Lipinski definition) is 4. The Labute approximate surface area is 134 Å². The van der Waals surface area contributed by atoms with E-state index in [1.807, 2.05) is 0 Å². The number of amides is 1. The standard InChI is InChI=1S/C15H19FN2O4S/c1-11(19)17-6-7-22-14-10-18(9-12(14)8-17)23(20,21)15-5-3-2-4-13(15)16/h2-5,12,14H,6-10H2,1H3/t12-,14+/m0/s1. The van der Waals surface area contributed by atoms with Gasteiger partial charge in [-0.05, 0) is 12.1 Å². The smallest absolute Gasteiger partial charge is 0.246 e. The van der Waals surface area contributed by atoms with Crippen LogP contribution in [0.5, 0.6) is 0 Å². The van der Waals surface area contributed by atoms with Crippen molar-refractivity contribution in [1.82, 2.24) is 9.21 Å². The minimum Gasteiger partial charge on any atom is -0.375 e. The molecule has 1 aromatic rings. The highest BCUT2D eigenvalue weighted by molar-refractivity contribution is 7.89. The lowest BCUT2D eigenvalue weighted by molar-refractivity contribution is -0.129. The van der Waals surface area contributed by atoms with Gasteiger partial charge in [-0.15, -0.1) is 0 Å². The lowest BCUT2D eigenvalue weighted by Gasteiger charge is -2.22. The van der Waals surface area contributed by atoms with Gasteiger partial charge >= 0.3 is 0 Å². The van der Waals surface area contributed by atoms with Crippen LogP contribution in [0.25, 0.3) is 0 Å². The summed E-state index contributed by atoms with van der Waals surface area (Å²) in [4.78, 5) is 12.9. The van der Waals surface area contributed by atoms with Gasteiger partial charge in [0.05, 0.1) is 12.7 Å². The molecule has 1 aromatic carbocycles. The van der Waals surface area contributed by atoms with Crippen molar-refractivity contribution in [3.63, 3.8) is 0 Å². The maximum Gasteiger partial charge on any atom is 0.246 e. The second-order valence-corrected chi connectivity index (χ2v) is 7.79. The first-order chi connectivity index (χ1) is 10.9. The summed E-state index contributed by atoms with van der Waals surface area (Å²) in [5.41, 5.74) is 0. The summed E-state index contributed by atoms with van der Waals surface area (Å²) in [6.07, 6.45) is -0.263. The van der Waals surface area contributed by atoms with Crippen molar-refractivity contribution in [2.45, 2.75) is 17.9 Å². The van der Waals surface area contributed by atoms with Gasteiger partial charge in [0.2, 0.25) is 15.9 Å². The number of halogens is 1. The molecular formula is C15H19FN2O4S. The first-order valence-corrected chi connectivity index (χ1v) is 8.95. The lowest BCUT2D eigenvalue weighted by Crippen LogP contribution is -2.36. The first-order valence-electron chi connectivity index (χ1n) is 7.51. The number of sulfonamides is 1. The predicted molar refractivity (Wildman–Crippen MR) is 80.6 cm³/mol. The van der Waals surface area contributed by atoms with Gasteiger partial charge in [-0.1, -0.05) is 12.1 Å². The Balaban J connectivity index is 1.82. The summed E-state index contributed by atoms with van der Waals surface area (Å²) >= 11 is 0. The molecule has 2 aliphatic heterocycles. The fourth-order valence-corrected chi connectivity index (χ4v) is 4.71. The summed E-state index contributed by atoms with van der Waals surface area (Å²) in [6.45, 7) is 3.27. The highest BCUT2D eigenvalue weighted by Crippen LogP contribution is 2.29. The largest absolute Gasteiger partial charge is 0.375 e. The Morgan fingerprint density at radius 3 is 2.70 bits per heavy atom. The maximum atomic E-state index is 13.9. The van der Waals surface area contributed by atoms with Crippen molar-refractivity contribution in [2.24, 2.45) is 5.92 Å². The quantitative estimate of drug-likeness (QED) is 0.793. The molecule has 126 valence electrons. The van der Waals surface area contributed by atoms with E-state index in [4.69, 9.17) is 4.74 Å². The van der Waals surface area contributed by atoms with Crippen LogP contribution in [0.15, 0.2) is 29.2 Å². The second kappa shape index (κ2) is 6.18. The SMILES string of the molecule is CC(=O)N1CCO[C@@H]2CN(S(=O)(=O)c3ccccc3F)C[C@@H]2C1. The van der Waals surface area contributed by atoms with E-state index in [0.717, 1.165) is 6.07 Å². The molecule has 3 rings (SSSR count). The third kappa shape index (κ3) is 3.11. The normalized spacial score (nSPS) is 25.9. The summed E-state index contributed by atoms with van der Waals surface area (Å²) < 4.78 is 46.1. The van der Waals surface area contributed by atoms with Crippen LogP contribution in [0.2, 0.25) is 0 Å². The van der Waals surface area contributed by atoms with E-state index in [1.54, 1.807) is 4.90 Å². The monoisotopic (exact) mass is 342 g/mol. The van der Waals surface area contributed by atoms with Crippen molar-refractivity contribution in [3.05, 3.63) is 30.1 Å². The number of carbonyl (C=O) groups excluding carboxylic acids is 1. The fraction of sp³-hybridized carbons (Fsp3) is 0.533. The van der Waals surface area contributed by atoms with Crippen LogP contribution < -0.4 is 0 Å². The minimum atomic E-state index is -3.90. The zero-order chi connectivity index (χ0) is 16.6. The molecule has 8 heteroatoms. The first kappa shape index (κ1) is 16.4. The zero-order valence-electron chi connectivity index (χ0n) is 12.8.